The molecule has 0 fully saturated rings. The molecule has 1 N–H and O–H groups in total. The largest absolute Gasteiger partial charge is 0.480 e. The molecule has 0 aromatic carbocycles. The number of hydrogen-bond acceptors (Lipinski definition) is 5. The van der Waals surface area contributed by atoms with Gasteiger partial charge in [-0.15, -0.1) is 0 Å². The average molecular weight is 317 g/mol. The molecule has 0 saturated heterocycles. The summed E-state index contributed by atoms with van der Waals surface area (Å²) in [6, 6.07) is 0. The Hall–Kier alpha value is -1.79. The highest BCUT2D eigenvalue weighted by molar-refractivity contribution is 5.77. The number of aliphatic carboxylic acids is 1. The summed E-state index contributed by atoms with van der Waals surface area (Å²) in [4.78, 5) is 35.4. The number of hydrogen-bond donors (Lipinski definition) is 1. The topological polar surface area (TPSA) is 93.1 Å². The van der Waals surface area contributed by atoms with Crippen molar-refractivity contribution in [1.29, 1.82) is 0 Å². The molecule has 7 heteroatoms. The number of carbonyl (C=O) groups is 3. The Morgan fingerprint density at radius 3 is 1.86 bits per heavy atom. The number of amides is 1. The Morgan fingerprint density at radius 2 is 1.45 bits per heavy atom. The maximum absolute atomic E-state index is 11.9. The highest BCUT2D eigenvalue weighted by Gasteiger charge is 2.24. The van der Waals surface area contributed by atoms with Crippen LogP contribution in [-0.2, 0) is 19.1 Å². The van der Waals surface area contributed by atoms with Crippen LogP contribution in [0.3, 0.4) is 0 Å². The summed E-state index contributed by atoms with van der Waals surface area (Å²) in [5.41, 5.74) is -1.28. The lowest BCUT2D eigenvalue weighted by molar-refractivity contribution is -0.155. The van der Waals surface area contributed by atoms with Crippen molar-refractivity contribution in [2.45, 2.75) is 65.6 Å². The molecule has 7 nitrogen and oxygen atoms in total. The van der Waals surface area contributed by atoms with E-state index in [9.17, 15) is 14.4 Å². The fraction of sp³-hybridized carbons (Fsp3) is 0.800. The molecule has 0 aliphatic rings. The molecule has 0 unspecified atom stereocenters. The molecule has 0 atom stereocenters. The minimum Gasteiger partial charge on any atom is -0.480 e. The third kappa shape index (κ3) is 10.9. The first-order valence-electron chi connectivity index (χ1n) is 7.22. The monoisotopic (exact) mass is 317 g/mol. The Labute approximate surface area is 131 Å². The summed E-state index contributed by atoms with van der Waals surface area (Å²) in [7, 11) is 0. The number of carboxylic acid groups (broad SMARTS) is 1. The van der Waals surface area contributed by atoms with Gasteiger partial charge >= 0.3 is 18.0 Å². The van der Waals surface area contributed by atoms with E-state index in [4.69, 9.17) is 14.6 Å². The van der Waals surface area contributed by atoms with Crippen LogP contribution in [0, 0.1) is 0 Å². The van der Waals surface area contributed by atoms with Crippen LogP contribution in [0.2, 0.25) is 0 Å². The lowest BCUT2D eigenvalue weighted by atomic mass is 10.2. The molecular formula is C15H27NO6. The first-order valence-corrected chi connectivity index (χ1v) is 7.22. The summed E-state index contributed by atoms with van der Waals surface area (Å²) >= 11 is 0. The number of carbonyl (C=O) groups excluding carboxylic acids is 2. The number of rotatable bonds is 6. The van der Waals surface area contributed by atoms with Gasteiger partial charge in [-0.3, -0.25) is 14.5 Å². The highest BCUT2D eigenvalue weighted by atomic mass is 16.6. The molecule has 22 heavy (non-hydrogen) atoms. The average Bonchev–Trinajstić information content (AvgIpc) is 2.21. The minimum absolute atomic E-state index is 0.107. The fourth-order valence-electron chi connectivity index (χ4n) is 1.53. The van der Waals surface area contributed by atoms with Gasteiger partial charge in [-0.25, -0.2) is 4.79 Å². The third-order valence-electron chi connectivity index (χ3n) is 2.21. The molecule has 0 aliphatic carbocycles. The quantitative estimate of drug-likeness (QED) is 0.756. The Morgan fingerprint density at radius 1 is 0.955 bits per heavy atom. The molecule has 1 amide bonds. The van der Waals surface area contributed by atoms with Crippen LogP contribution in [0.25, 0.3) is 0 Å². The zero-order valence-electron chi connectivity index (χ0n) is 14.3. The maximum Gasteiger partial charge on any atom is 0.410 e. The molecular weight excluding hydrogens is 290 g/mol. The third-order valence-corrected chi connectivity index (χ3v) is 2.21. The second-order valence-electron chi connectivity index (χ2n) is 6.99. The molecule has 0 radical (unpaired) electrons. The lowest BCUT2D eigenvalue weighted by Gasteiger charge is -2.26. The summed E-state index contributed by atoms with van der Waals surface area (Å²) in [5.74, 6) is -1.52. The van der Waals surface area contributed by atoms with Gasteiger partial charge in [0.2, 0.25) is 0 Å². The van der Waals surface area contributed by atoms with Gasteiger partial charge in [0.15, 0.2) is 0 Å². The van der Waals surface area contributed by atoms with Crippen LogP contribution >= 0.6 is 0 Å². The molecule has 0 aromatic heterocycles. The van der Waals surface area contributed by atoms with E-state index in [0.717, 1.165) is 4.90 Å². The van der Waals surface area contributed by atoms with E-state index in [1.807, 2.05) is 0 Å². The van der Waals surface area contributed by atoms with E-state index in [2.05, 4.69) is 0 Å². The Balaban J connectivity index is 4.46. The van der Waals surface area contributed by atoms with Gasteiger partial charge in [0.05, 0.1) is 0 Å². The van der Waals surface area contributed by atoms with Crippen molar-refractivity contribution in [3.8, 4) is 0 Å². The van der Waals surface area contributed by atoms with Crippen LogP contribution in [-0.4, -0.2) is 52.3 Å². The fourth-order valence-corrected chi connectivity index (χ4v) is 1.53. The van der Waals surface area contributed by atoms with E-state index >= 15 is 0 Å². The van der Waals surface area contributed by atoms with Crippen LogP contribution in [0.15, 0.2) is 0 Å². The van der Waals surface area contributed by atoms with E-state index in [-0.39, 0.29) is 18.9 Å². The van der Waals surface area contributed by atoms with Gasteiger partial charge < -0.3 is 14.6 Å². The first-order chi connectivity index (χ1) is 9.80. The predicted octanol–water partition coefficient (Wildman–Crippen LogP) is 2.43. The SMILES string of the molecule is CC(C)(C)OC(=O)CCCN(CC(=O)O)C(=O)OC(C)(C)C. The molecule has 0 aromatic rings. The highest BCUT2D eigenvalue weighted by Crippen LogP contribution is 2.12. The smallest absolute Gasteiger partial charge is 0.410 e. The summed E-state index contributed by atoms with van der Waals surface area (Å²) < 4.78 is 10.3. The van der Waals surface area contributed by atoms with E-state index in [0.29, 0.717) is 6.42 Å². The van der Waals surface area contributed by atoms with Crippen molar-refractivity contribution < 1.29 is 29.0 Å². The number of ether oxygens (including phenoxy) is 2. The van der Waals surface area contributed by atoms with E-state index in [1.165, 1.54) is 0 Å². The lowest BCUT2D eigenvalue weighted by Crippen LogP contribution is -2.40. The molecule has 0 aliphatic heterocycles. The second-order valence-corrected chi connectivity index (χ2v) is 6.99. The molecule has 0 rings (SSSR count). The summed E-state index contributed by atoms with van der Waals surface area (Å²) in [6.45, 7) is 10.0. The van der Waals surface area contributed by atoms with Crippen LogP contribution in [0.5, 0.6) is 0 Å². The number of carboxylic acids is 1. The molecule has 0 heterocycles. The second kappa shape index (κ2) is 8.00. The van der Waals surface area contributed by atoms with Crippen LogP contribution < -0.4 is 0 Å². The molecule has 128 valence electrons. The van der Waals surface area contributed by atoms with Crippen LogP contribution in [0.1, 0.15) is 54.4 Å². The van der Waals surface area contributed by atoms with E-state index in [1.54, 1.807) is 41.5 Å². The summed E-state index contributed by atoms with van der Waals surface area (Å²) in [5, 5.41) is 8.85. The van der Waals surface area contributed by atoms with Gasteiger partial charge in [-0.2, -0.15) is 0 Å². The van der Waals surface area contributed by atoms with Gasteiger partial charge in [-0.05, 0) is 48.0 Å². The van der Waals surface area contributed by atoms with E-state index < -0.39 is 29.8 Å². The Kier molecular flexibility index (Phi) is 7.35. The molecule has 0 saturated carbocycles. The van der Waals surface area contributed by atoms with Crippen molar-refractivity contribution in [3.63, 3.8) is 0 Å². The van der Waals surface area contributed by atoms with Gasteiger partial charge in [0.25, 0.3) is 0 Å². The van der Waals surface area contributed by atoms with Crippen molar-refractivity contribution in [1.82, 2.24) is 4.90 Å². The van der Waals surface area contributed by atoms with Crippen LogP contribution in [0.4, 0.5) is 4.79 Å². The zero-order valence-corrected chi connectivity index (χ0v) is 14.3. The van der Waals surface area contributed by atoms with Gasteiger partial charge in [0.1, 0.15) is 17.7 Å². The summed E-state index contributed by atoms with van der Waals surface area (Å²) in [6.07, 6.45) is -0.295. The maximum atomic E-state index is 11.9. The standard InChI is InChI=1S/C15H27NO6/c1-14(2,3)21-12(19)8-7-9-16(10-11(17)18)13(20)22-15(4,5)6/h7-10H2,1-6H3,(H,17,18). The number of esters is 1. The van der Waals surface area contributed by atoms with Crippen molar-refractivity contribution in [3.05, 3.63) is 0 Å². The van der Waals surface area contributed by atoms with Crippen molar-refractivity contribution >= 4 is 18.0 Å². The zero-order chi connectivity index (χ0) is 17.6. The minimum atomic E-state index is -1.14. The van der Waals surface area contributed by atoms with Crippen molar-refractivity contribution in [2.24, 2.45) is 0 Å². The molecule has 0 spiro atoms. The van der Waals surface area contributed by atoms with Crippen molar-refractivity contribution in [2.75, 3.05) is 13.1 Å². The molecule has 0 bridgehead atoms. The Bertz CT molecular complexity index is 405. The van der Waals surface area contributed by atoms with Gasteiger partial charge in [-0.1, -0.05) is 0 Å². The first kappa shape index (κ1) is 20.2. The number of nitrogens with zero attached hydrogens (tertiary/aromatic N) is 1. The predicted molar refractivity (Wildman–Crippen MR) is 80.5 cm³/mol. The van der Waals surface area contributed by atoms with Gasteiger partial charge in [0, 0.05) is 13.0 Å². The normalized spacial score (nSPS) is 11.7.